The number of hydrogen-bond donors (Lipinski definition) is 1. The molecule has 4 nitrogen and oxygen atoms in total. The average Bonchev–Trinajstić information content (AvgIpc) is 2.44. The van der Waals surface area contributed by atoms with E-state index in [-0.39, 0.29) is 17.6 Å². The van der Waals surface area contributed by atoms with E-state index in [4.69, 9.17) is 10.5 Å². The smallest absolute Gasteiger partial charge is 0.239 e. The van der Waals surface area contributed by atoms with Gasteiger partial charge in [-0.1, -0.05) is 26.3 Å². The van der Waals surface area contributed by atoms with Crippen LogP contribution in [0, 0.1) is 11.7 Å². The molecule has 20 heavy (non-hydrogen) atoms. The van der Waals surface area contributed by atoms with Crippen LogP contribution in [0.3, 0.4) is 0 Å². The fourth-order valence-corrected chi connectivity index (χ4v) is 1.91. The largest absolute Gasteiger partial charge is 0.494 e. The molecule has 2 atom stereocenters. The van der Waals surface area contributed by atoms with Crippen LogP contribution in [0.25, 0.3) is 0 Å². The monoisotopic (exact) mass is 282 g/mol. The Morgan fingerprint density at radius 3 is 2.65 bits per heavy atom. The molecule has 2 N–H and O–H groups in total. The van der Waals surface area contributed by atoms with Crippen molar-refractivity contribution in [2.45, 2.75) is 32.9 Å². The molecule has 0 bridgehead atoms. The summed E-state index contributed by atoms with van der Waals surface area (Å²) in [7, 11) is 3.09. The van der Waals surface area contributed by atoms with E-state index < -0.39 is 11.9 Å². The van der Waals surface area contributed by atoms with Crippen LogP contribution in [-0.4, -0.2) is 31.0 Å². The lowest BCUT2D eigenvalue weighted by molar-refractivity contribution is -0.132. The molecular weight excluding hydrogens is 259 g/mol. The number of rotatable bonds is 6. The minimum atomic E-state index is -0.520. The maximum Gasteiger partial charge on any atom is 0.239 e. The number of likely N-dealkylation sites (N-methyl/N-ethyl adjacent to an activating group) is 1. The van der Waals surface area contributed by atoms with Gasteiger partial charge < -0.3 is 15.4 Å². The summed E-state index contributed by atoms with van der Waals surface area (Å²) < 4.78 is 18.5. The molecular formula is C15H23FN2O2. The fraction of sp³-hybridized carbons (Fsp3) is 0.533. The van der Waals surface area contributed by atoms with Crippen LogP contribution in [-0.2, 0) is 11.3 Å². The SMILES string of the molecule is CCC(C)[C@H](N)C(=O)N(C)Cc1ccc(OC)c(F)c1. The molecule has 5 heteroatoms. The highest BCUT2D eigenvalue weighted by Crippen LogP contribution is 2.19. The molecule has 1 unspecified atom stereocenters. The quantitative estimate of drug-likeness (QED) is 0.870. The second-order valence-electron chi connectivity index (χ2n) is 5.07. The number of amides is 1. The molecule has 0 aliphatic carbocycles. The van der Waals surface area contributed by atoms with Gasteiger partial charge in [0.25, 0.3) is 0 Å². The van der Waals surface area contributed by atoms with Gasteiger partial charge in [0.15, 0.2) is 11.6 Å². The van der Waals surface area contributed by atoms with Crippen molar-refractivity contribution in [1.29, 1.82) is 0 Å². The Balaban J connectivity index is 2.73. The van der Waals surface area contributed by atoms with Crippen molar-refractivity contribution in [3.05, 3.63) is 29.6 Å². The van der Waals surface area contributed by atoms with Gasteiger partial charge in [0.1, 0.15) is 0 Å². The van der Waals surface area contributed by atoms with E-state index in [1.807, 2.05) is 13.8 Å². The highest BCUT2D eigenvalue weighted by atomic mass is 19.1. The van der Waals surface area contributed by atoms with Gasteiger partial charge >= 0.3 is 0 Å². The van der Waals surface area contributed by atoms with Crippen molar-refractivity contribution in [3.8, 4) is 5.75 Å². The number of nitrogens with zero attached hydrogens (tertiary/aromatic N) is 1. The predicted molar refractivity (Wildman–Crippen MR) is 76.9 cm³/mol. The van der Waals surface area contributed by atoms with Crippen molar-refractivity contribution >= 4 is 5.91 Å². The number of ether oxygens (including phenoxy) is 1. The Labute approximate surface area is 119 Å². The zero-order valence-corrected chi connectivity index (χ0v) is 12.5. The minimum absolute atomic E-state index is 0.123. The first kappa shape index (κ1) is 16.4. The Kier molecular flexibility index (Phi) is 5.95. The average molecular weight is 282 g/mol. The van der Waals surface area contributed by atoms with E-state index in [1.54, 1.807) is 19.2 Å². The third-order valence-electron chi connectivity index (χ3n) is 3.55. The molecule has 0 heterocycles. The van der Waals surface area contributed by atoms with Gasteiger partial charge in [0.05, 0.1) is 13.2 Å². The van der Waals surface area contributed by atoms with Crippen molar-refractivity contribution in [3.63, 3.8) is 0 Å². The van der Waals surface area contributed by atoms with E-state index in [2.05, 4.69) is 0 Å². The van der Waals surface area contributed by atoms with Crippen molar-refractivity contribution in [2.24, 2.45) is 11.7 Å². The lowest BCUT2D eigenvalue weighted by Gasteiger charge is -2.24. The Morgan fingerprint density at radius 2 is 2.15 bits per heavy atom. The zero-order chi connectivity index (χ0) is 15.3. The third kappa shape index (κ3) is 3.93. The Bertz CT molecular complexity index is 465. The Morgan fingerprint density at radius 1 is 1.50 bits per heavy atom. The summed E-state index contributed by atoms with van der Waals surface area (Å²) in [5, 5.41) is 0. The maximum absolute atomic E-state index is 13.6. The molecule has 1 rings (SSSR count). The molecule has 0 saturated heterocycles. The first-order chi connectivity index (χ1) is 9.40. The molecule has 0 aliphatic heterocycles. The Hall–Kier alpha value is -1.62. The highest BCUT2D eigenvalue weighted by molar-refractivity contribution is 5.81. The highest BCUT2D eigenvalue weighted by Gasteiger charge is 2.22. The first-order valence-electron chi connectivity index (χ1n) is 6.73. The van der Waals surface area contributed by atoms with Gasteiger partial charge in [-0.25, -0.2) is 4.39 Å². The normalized spacial score (nSPS) is 13.7. The summed E-state index contributed by atoms with van der Waals surface area (Å²) in [4.78, 5) is 13.7. The van der Waals surface area contributed by atoms with Gasteiger partial charge in [0.2, 0.25) is 5.91 Å². The summed E-state index contributed by atoms with van der Waals surface area (Å²) in [6, 6.07) is 4.14. The summed E-state index contributed by atoms with van der Waals surface area (Å²) in [5.74, 6) is -0.246. The number of nitrogens with two attached hydrogens (primary N) is 1. The van der Waals surface area contributed by atoms with E-state index in [0.29, 0.717) is 12.1 Å². The van der Waals surface area contributed by atoms with Crippen LogP contribution in [0.5, 0.6) is 5.75 Å². The standard InChI is InChI=1S/C15H23FN2O2/c1-5-10(2)14(17)15(19)18(3)9-11-6-7-13(20-4)12(16)8-11/h6-8,10,14H,5,9,17H2,1-4H3/t10?,14-/m0/s1. The number of methoxy groups -OCH3 is 1. The molecule has 0 saturated carbocycles. The number of carbonyl (C=O) groups excluding carboxylic acids is 1. The van der Waals surface area contributed by atoms with E-state index >= 15 is 0 Å². The first-order valence-corrected chi connectivity index (χ1v) is 6.73. The second-order valence-corrected chi connectivity index (χ2v) is 5.07. The van der Waals surface area contributed by atoms with Crippen LogP contribution in [0.1, 0.15) is 25.8 Å². The topological polar surface area (TPSA) is 55.6 Å². The van der Waals surface area contributed by atoms with Gasteiger partial charge in [-0.15, -0.1) is 0 Å². The zero-order valence-electron chi connectivity index (χ0n) is 12.5. The lowest BCUT2D eigenvalue weighted by Crippen LogP contribution is -2.45. The van der Waals surface area contributed by atoms with E-state index in [0.717, 1.165) is 6.42 Å². The molecule has 112 valence electrons. The molecule has 1 amide bonds. The van der Waals surface area contributed by atoms with Crippen molar-refractivity contribution in [2.75, 3.05) is 14.2 Å². The fourth-order valence-electron chi connectivity index (χ4n) is 1.91. The summed E-state index contributed by atoms with van der Waals surface area (Å²) in [6.45, 7) is 4.27. The number of halogens is 1. The number of carbonyl (C=O) groups is 1. The molecule has 0 fully saturated rings. The lowest BCUT2D eigenvalue weighted by atomic mass is 9.99. The maximum atomic E-state index is 13.6. The van der Waals surface area contributed by atoms with Crippen molar-refractivity contribution < 1.29 is 13.9 Å². The van der Waals surface area contributed by atoms with Gasteiger partial charge in [-0.2, -0.15) is 0 Å². The summed E-state index contributed by atoms with van der Waals surface area (Å²) in [6.07, 6.45) is 0.845. The molecule has 0 aromatic heterocycles. The molecule has 1 aromatic carbocycles. The summed E-state index contributed by atoms with van der Waals surface area (Å²) >= 11 is 0. The van der Waals surface area contributed by atoms with E-state index in [9.17, 15) is 9.18 Å². The van der Waals surface area contributed by atoms with Gasteiger partial charge in [-0.3, -0.25) is 4.79 Å². The molecule has 0 radical (unpaired) electrons. The second kappa shape index (κ2) is 7.24. The van der Waals surface area contributed by atoms with Gasteiger partial charge in [-0.05, 0) is 23.6 Å². The van der Waals surface area contributed by atoms with Gasteiger partial charge in [0, 0.05) is 13.6 Å². The third-order valence-corrected chi connectivity index (χ3v) is 3.55. The van der Waals surface area contributed by atoms with Crippen LogP contribution >= 0.6 is 0 Å². The van der Waals surface area contributed by atoms with E-state index in [1.165, 1.54) is 18.1 Å². The van der Waals surface area contributed by atoms with Crippen LogP contribution in [0.4, 0.5) is 4.39 Å². The van der Waals surface area contributed by atoms with Crippen LogP contribution in [0.2, 0.25) is 0 Å². The van der Waals surface area contributed by atoms with Crippen LogP contribution < -0.4 is 10.5 Å². The summed E-state index contributed by atoms with van der Waals surface area (Å²) in [5.41, 5.74) is 6.62. The predicted octanol–water partition coefficient (Wildman–Crippen LogP) is 2.17. The molecule has 1 aromatic rings. The molecule has 0 aliphatic rings. The molecule has 0 spiro atoms. The van der Waals surface area contributed by atoms with Crippen molar-refractivity contribution in [1.82, 2.24) is 4.90 Å². The number of hydrogen-bond acceptors (Lipinski definition) is 3. The number of benzene rings is 1. The van der Waals surface area contributed by atoms with Crippen LogP contribution in [0.15, 0.2) is 18.2 Å². The minimum Gasteiger partial charge on any atom is -0.494 e.